The molecule has 0 aliphatic rings. The third kappa shape index (κ3) is 6.13. The van der Waals surface area contributed by atoms with Gasteiger partial charge in [-0.1, -0.05) is 18.2 Å². The number of benzene rings is 1. The van der Waals surface area contributed by atoms with Crippen LogP contribution in [0.3, 0.4) is 0 Å². The topological polar surface area (TPSA) is 116 Å². The maximum atomic E-state index is 10.8. The first-order valence-electron chi connectivity index (χ1n) is 5.08. The molecule has 0 aliphatic heterocycles. The molecule has 1 aromatic carbocycles. The van der Waals surface area contributed by atoms with Gasteiger partial charge in [0.2, 0.25) is 0 Å². The largest absolute Gasteiger partial charge is 0.480 e. The van der Waals surface area contributed by atoms with Crippen LogP contribution in [0.25, 0.3) is 0 Å². The van der Waals surface area contributed by atoms with Crippen molar-refractivity contribution in [2.75, 3.05) is 11.1 Å². The minimum absolute atomic E-state index is 0.0535. The van der Waals surface area contributed by atoms with Crippen LogP contribution in [0.2, 0.25) is 0 Å². The van der Waals surface area contributed by atoms with E-state index in [1.165, 1.54) is 0 Å². The predicted octanol–water partition coefficient (Wildman–Crippen LogP) is 0.314. The monoisotopic (exact) mass is 304 g/mol. The van der Waals surface area contributed by atoms with Gasteiger partial charge in [0, 0.05) is 5.69 Å². The van der Waals surface area contributed by atoms with E-state index in [4.69, 9.17) is 21.9 Å². The fourth-order valence-electron chi connectivity index (χ4n) is 1.23. The van der Waals surface area contributed by atoms with Crippen molar-refractivity contribution in [2.24, 2.45) is 0 Å². The van der Waals surface area contributed by atoms with Crippen molar-refractivity contribution < 1.29 is 22.9 Å². The quantitative estimate of drug-likeness (QED) is 0.454. The van der Waals surface area contributed by atoms with Crippen molar-refractivity contribution in [3.8, 4) is 0 Å². The normalized spacial score (nSPS) is 12.5. The van der Waals surface area contributed by atoms with E-state index in [2.05, 4.69) is 10.6 Å². The van der Waals surface area contributed by atoms with Crippen LogP contribution in [0.5, 0.6) is 0 Å². The van der Waals surface area contributed by atoms with Crippen molar-refractivity contribution in [2.45, 2.75) is 6.04 Å². The highest BCUT2D eigenvalue weighted by atomic mass is 32.2. The summed E-state index contributed by atoms with van der Waals surface area (Å²) in [6.45, 7) is 0. The molecule has 0 spiro atoms. The lowest BCUT2D eigenvalue weighted by Crippen LogP contribution is -2.46. The number of anilines is 1. The second kappa shape index (κ2) is 6.45. The molecule has 0 fully saturated rings. The van der Waals surface area contributed by atoms with Crippen LogP contribution < -0.4 is 10.6 Å². The second-order valence-corrected chi connectivity index (χ2v) is 5.51. The summed E-state index contributed by atoms with van der Waals surface area (Å²) >= 11 is 4.86. The lowest BCUT2D eigenvalue weighted by atomic mass is 10.3. The number of carboxylic acid groups (broad SMARTS) is 1. The van der Waals surface area contributed by atoms with Crippen LogP contribution >= 0.6 is 12.2 Å². The van der Waals surface area contributed by atoms with Crippen LogP contribution in [0.15, 0.2) is 30.3 Å². The summed E-state index contributed by atoms with van der Waals surface area (Å²) in [5.74, 6) is -2.41. The Morgan fingerprint density at radius 1 is 1.32 bits per heavy atom. The number of hydrogen-bond acceptors (Lipinski definition) is 4. The Morgan fingerprint density at radius 3 is 2.37 bits per heavy atom. The molecule has 9 heteroatoms. The van der Waals surface area contributed by atoms with Gasteiger partial charge in [0.05, 0.1) is 0 Å². The van der Waals surface area contributed by atoms with Gasteiger partial charge in [-0.15, -0.1) is 0 Å². The summed E-state index contributed by atoms with van der Waals surface area (Å²) in [5.41, 5.74) is 0.621. The average Bonchev–Trinajstić information content (AvgIpc) is 2.27. The number of aliphatic carboxylic acids is 1. The smallest absolute Gasteiger partial charge is 0.327 e. The van der Waals surface area contributed by atoms with Crippen LogP contribution in [-0.2, 0) is 14.9 Å². The van der Waals surface area contributed by atoms with E-state index in [1.807, 2.05) is 0 Å². The summed E-state index contributed by atoms with van der Waals surface area (Å²) in [5, 5.41) is 13.8. The Morgan fingerprint density at radius 2 is 1.89 bits per heavy atom. The van der Waals surface area contributed by atoms with Gasteiger partial charge in [0.15, 0.2) is 5.11 Å². The number of carbonyl (C=O) groups is 1. The molecule has 1 atom stereocenters. The number of para-hydroxylation sites is 1. The fraction of sp³-hybridized carbons (Fsp3) is 0.200. The van der Waals surface area contributed by atoms with Crippen molar-refractivity contribution >= 4 is 39.1 Å². The molecule has 0 saturated carbocycles. The van der Waals surface area contributed by atoms with Crippen LogP contribution in [-0.4, -0.2) is 41.0 Å². The third-order valence-corrected chi connectivity index (χ3v) is 2.99. The Balaban J connectivity index is 2.65. The summed E-state index contributed by atoms with van der Waals surface area (Å²) < 4.78 is 30.0. The molecule has 0 radical (unpaired) electrons. The van der Waals surface area contributed by atoms with Gasteiger partial charge in [-0.2, -0.15) is 8.42 Å². The third-order valence-electron chi connectivity index (χ3n) is 2.01. The van der Waals surface area contributed by atoms with Crippen molar-refractivity contribution in [1.82, 2.24) is 5.32 Å². The van der Waals surface area contributed by atoms with Crippen LogP contribution in [0.4, 0.5) is 5.69 Å². The average molecular weight is 304 g/mol. The number of hydrogen-bond donors (Lipinski definition) is 4. The van der Waals surface area contributed by atoms with E-state index in [0.717, 1.165) is 0 Å². The Kier molecular flexibility index (Phi) is 5.21. The summed E-state index contributed by atoms with van der Waals surface area (Å²) in [6.07, 6.45) is 0. The van der Waals surface area contributed by atoms with Crippen molar-refractivity contribution in [3.05, 3.63) is 30.3 Å². The molecule has 0 saturated heterocycles. The van der Waals surface area contributed by atoms with Gasteiger partial charge >= 0.3 is 5.97 Å². The van der Waals surface area contributed by atoms with Crippen LogP contribution in [0.1, 0.15) is 0 Å². The van der Waals surface area contributed by atoms with Gasteiger partial charge in [0.1, 0.15) is 11.8 Å². The molecule has 0 bridgehead atoms. The van der Waals surface area contributed by atoms with E-state index in [0.29, 0.717) is 5.69 Å². The zero-order valence-electron chi connectivity index (χ0n) is 9.61. The molecule has 1 aromatic rings. The highest BCUT2D eigenvalue weighted by Crippen LogP contribution is 2.04. The molecule has 19 heavy (non-hydrogen) atoms. The second-order valence-electron chi connectivity index (χ2n) is 3.60. The molecule has 1 unspecified atom stereocenters. The molecule has 1 rings (SSSR count). The van der Waals surface area contributed by atoms with E-state index >= 15 is 0 Å². The molecule has 7 nitrogen and oxygen atoms in total. The minimum atomic E-state index is -4.42. The van der Waals surface area contributed by atoms with Gasteiger partial charge in [-0.05, 0) is 24.4 Å². The number of thiocarbonyl (C=S) groups is 1. The zero-order valence-corrected chi connectivity index (χ0v) is 11.2. The maximum Gasteiger partial charge on any atom is 0.327 e. The molecule has 0 aromatic heterocycles. The minimum Gasteiger partial charge on any atom is -0.480 e. The van der Waals surface area contributed by atoms with Crippen molar-refractivity contribution in [1.29, 1.82) is 0 Å². The number of nitrogens with one attached hydrogen (secondary N) is 2. The molecule has 104 valence electrons. The SMILES string of the molecule is O=C(O)C(CS(=O)(=O)O)NC(=S)Nc1ccccc1. The number of rotatable bonds is 5. The first-order chi connectivity index (χ1) is 8.78. The molecule has 0 aliphatic carbocycles. The molecule has 0 heterocycles. The molecule has 4 N–H and O–H groups in total. The van der Waals surface area contributed by atoms with E-state index < -0.39 is 27.9 Å². The van der Waals surface area contributed by atoms with Gasteiger partial charge in [-0.3, -0.25) is 4.55 Å². The summed E-state index contributed by atoms with van der Waals surface area (Å²) in [6, 6.07) is 7.16. The Hall–Kier alpha value is -1.71. The molecule has 0 amide bonds. The first-order valence-corrected chi connectivity index (χ1v) is 7.10. The Labute approximate surface area is 115 Å². The van der Waals surface area contributed by atoms with Gasteiger partial charge in [-0.25, -0.2) is 4.79 Å². The lowest BCUT2D eigenvalue weighted by molar-refractivity contribution is -0.138. The lowest BCUT2D eigenvalue weighted by Gasteiger charge is -2.16. The molecular weight excluding hydrogens is 292 g/mol. The molecular formula is C10H12N2O5S2. The van der Waals surface area contributed by atoms with E-state index in [9.17, 15) is 13.2 Å². The van der Waals surface area contributed by atoms with Gasteiger partial charge < -0.3 is 15.7 Å². The van der Waals surface area contributed by atoms with Crippen LogP contribution in [0, 0.1) is 0 Å². The fourth-order valence-corrected chi connectivity index (χ4v) is 2.14. The zero-order chi connectivity index (χ0) is 14.5. The number of carboxylic acids is 1. The van der Waals surface area contributed by atoms with E-state index in [1.54, 1.807) is 30.3 Å². The Bertz CT molecular complexity index is 559. The predicted molar refractivity (Wildman–Crippen MR) is 73.6 cm³/mol. The maximum absolute atomic E-state index is 10.8. The standard InChI is InChI=1S/C10H12N2O5S2/c13-9(14)8(6-19(15,16)17)12-10(18)11-7-4-2-1-3-5-7/h1-5,8H,6H2,(H,13,14)(H2,11,12,18)(H,15,16,17). The first kappa shape index (κ1) is 15.3. The van der Waals surface area contributed by atoms with Crippen molar-refractivity contribution in [3.63, 3.8) is 0 Å². The van der Waals surface area contributed by atoms with Gasteiger partial charge in [0.25, 0.3) is 10.1 Å². The summed E-state index contributed by atoms with van der Waals surface area (Å²) in [7, 11) is -4.42. The van der Waals surface area contributed by atoms with E-state index in [-0.39, 0.29) is 5.11 Å². The highest BCUT2D eigenvalue weighted by Gasteiger charge is 2.24. The summed E-state index contributed by atoms with van der Waals surface area (Å²) in [4.78, 5) is 10.8. The highest BCUT2D eigenvalue weighted by molar-refractivity contribution is 7.85.